The van der Waals surface area contributed by atoms with Crippen LogP contribution in [0, 0.1) is 6.92 Å². The van der Waals surface area contributed by atoms with Gasteiger partial charge in [-0.25, -0.2) is 4.98 Å². The fraction of sp³-hybridized carbons (Fsp3) is 0.286. The topological polar surface area (TPSA) is 53.1 Å². The highest BCUT2D eigenvalue weighted by molar-refractivity contribution is 6.16. The van der Waals surface area contributed by atoms with Crippen LogP contribution in [0.2, 0.25) is 0 Å². The van der Waals surface area contributed by atoms with Gasteiger partial charge in [-0.05, 0) is 19.1 Å². The zero-order valence-electron chi connectivity index (χ0n) is 11.3. The molecule has 0 N–H and O–H groups in total. The van der Waals surface area contributed by atoms with E-state index in [4.69, 9.17) is 20.9 Å². The molecular weight excluding hydrogens is 278 g/mol. The van der Waals surface area contributed by atoms with E-state index >= 15 is 0 Å². The van der Waals surface area contributed by atoms with Crippen molar-refractivity contribution in [3.8, 4) is 5.75 Å². The fourth-order valence-electron chi connectivity index (χ4n) is 2.22. The van der Waals surface area contributed by atoms with Gasteiger partial charge in [0.1, 0.15) is 23.0 Å². The molecule has 0 atom stereocenters. The summed E-state index contributed by atoms with van der Waals surface area (Å²) < 4.78 is 12.4. The van der Waals surface area contributed by atoms with Crippen molar-refractivity contribution in [2.24, 2.45) is 0 Å². The quantitative estimate of drug-likeness (QED) is 0.693. The number of alkyl halides is 1. The van der Waals surface area contributed by atoms with E-state index in [1.807, 2.05) is 35.8 Å². The summed E-state index contributed by atoms with van der Waals surface area (Å²) in [4.78, 5) is 4.54. The van der Waals surface area contributed by atoms with Crippen LogP contribution in [0.25, 0.3) is 11.0 Å². The van der Waals surface area contributed by atoms with Crippen molar-refractivity contribution in [1.29, 1.82) is 0 Å². The Morgan fingerprint density at radius 1 is 1.35 bits per heavy atom. The third kappa shape index (κ3) is 2.25. The van der Waals surface area contributed by atoms with Gasteiger partial charge in [0, 0.05) is 12.1 Å². The van der Waals surface area contributed by atoms with Crippen molar-refractivity contribution in [1.82, 2.24) is 14.7 Å². The molecule has 0 aliphatic rings. The van der Waals surface area contributed by atoms with E-state index in [0.717, 1.165) is 34.1 Å². The monoisotopic (exact) mass is 291 g/mol. The number of aromatic nitrogens is 3. The molecule has 0 saturated heterocycles. The van der Waals surface area contributed by atoms with Crippen LogP contribution in [0.4, 0.5) is 0 Å². The number of nitrogens with zero attached hydrogens (tertiary/aromatic N) is 3. The molecule has 3 rings (SSSR count). The van der Waals surface area contributed by atoms with Gasteiger partial charge in [-0.3, -0.25) is 0 Å². The Balaban J connectivity index is 2.08. The van der Waals surface area contributed by atoms with Gasteiger partial charge in [0.2, 0.25) is 0 Å². The van der Waals surface area contributed by atoms with Crippen LogP contribution in [0.3, 0.4) is 0 Å². The first-order valence-corrected chi connectivity index (χ1v) is 6.76. The molecule has 3 aromatic rings. The van der Waals surface area contributed by atoms with Crippen LogP contribution in [-0.2, 0) is 12.4 Å². The molecule has 104 valence electrons. The van der Waals surface area contributed by atoms with Crippen LogP contribution in [0.1, 0.15) is 17.3 Å². The number of halogens is 1. The molecule has 2 aromatic heterocycles. The predicted molar refractivity (Wildman–Crippen MR) is 76.2 cm³/mol. The van der Waals surface area contributed by atoms with E-state index in [-0.39, 0.29) is 0 Å². The maximum Gasteiger partial charge on any atom is 0.133 e. The van der Waals surface area contributed by atoms with E-state index in [9.17, 15) is 0 Å². The second-order valence-corrected chi connectivity index (χ2v) is 4.80. The summed E-state index contributed by atoms with van der Waals surface area (Å²) in [6.07, 6.45) is 0. The molecule has 0 bridgehead atoms. The largest absolute Gasteiger partial charge is 0.497 e. The lowest BCUT2D eigenvalue weighted by molar-refractivity contribution is 0.389. The molecule has 0 amide bonds. The Kier molecular flexibility index (Phi) is 3.36. The van der Waals surface area contributed by atoms with Crippen LogP contribution < -0.4 is 4.74 Å². The zero-order valence-corrected chi connectivity index (χ0v) is 12.0. The average Bonchev–Trinajstić information content (AvgIpc) is 3.02. The summed E-state index contributed by atoms with van der Waals surface area (Å²) in [5.74, 6) is 2.71. The van der Waals surface area contributed by atoms with Crippen molar-refractivity contribution >= 4 is 22.6 Å². The first kappa shape index (κ1) is 13.0. The first-order valence-electron chi connectivity index (χ1n) is 6.22. The maximum absolute atomic E-state index is 5.99. The normalized spacial score (nSPS) is 11.2. The van der Waals surface area contributed by atoms with E-state index in [2.05, 4.69) is 10.1 Å². The Labute approximate surface area is 121 Å². The summed E-state index contributed by atoms with van der Waals surface area (Å²) in [7, 11) is 1.64. The lowest BCUT2D eigenvalue weighted by Crippen LogP contribution is -2.04. The number of hydrogen-bond acceptors (Lipinski definition) is 4. The molecule has 20 heavy (non-hydrogen) atoms. The van der Waals surface area contributed by atoms with Crippen LogP contribution in [-0.4, -0.2) is 21.8 Å². The van der Waals surface area contributed by atoms with Gasteiger partial charge in [0.15, 0.2) is 0 Å². The molecule has 0 radical (unpaired) electrons. The standard InChI is InChI=1S/C14H14ClN3O2/c1-9-5-10(17-20-9)8-18-13-4-3-11(19-2)6-12(13)16-14(18)7-15/h3-6H,7-8H2,1-2H3. The molecule has 0 unspecified atom stereocenters. The summed E-state index contributed by atoms with van der Waals surface area (Å²) in [6, 6.07) is 7.69. The minimum absolute atomic E-state index is 0.341. The number of imidazole rings is 1. The molecule has 2 heterocycles. The minimum Gasteiger partial charge on any atom is -0.497 e. The minimum atomic E-state index is 0.341. The Morgan fingerprint density at radius 3 is 2.85 bits per heavy atom. The van der Waals surface area contributed by atoms with Gasteiger partial charge >= 0.3 is 0 Å². The summed E-state index contributed by atoms with van der Waals surface area (Å²) in [6.45, 7) is 2.46. The van der Waals surface area contributed by atoms with Crippen molar-refractivity contribution in [3.63, 3.8) is 0 Å². The van der Waals surface area contributed by atoms with Crippen molar-refractivity contribution in [3.05, 3.63) is 41.5 Å². The summed E-state index contributed by atoms with van der Waals surface area (Å²) >= 11 is 5.99. The van der Waals surface area contributed by atoms with Crippen LogP contribution in [0.5, 0.6) is 5.75 Å². The number of ether oxygens (including phenoxy) is 1. The molecule has 6 heteroatoms. The highest BCUT2D eigenvalue weighted by Gasteiger charge is 2.12. The Hall–Kier alpha value is -2.01. The predicted octanol–water partition coefficient (Wildman–Crippen LogP) is 3.13. The molecule has 0 aliphatic heterocycles. The lowest BCUT2D eigenvalue weighted by atomic mass is 10.3. The van der Waals surface area contributed by atoms with Crippen molar-refractivity contribution < 1.29 is 9.26 Å². The molecule has 0 fully saturated rings. The van der Waals surface area contributed by atoms with E-state index < -0.39 is 0 Å². The van der Waals surface area contributed by atoms with Gasteiger partial charge in [-0.2, -0.15) is 0 Å². The second kappa shape index (κ2) is 5.17. The van der Waals surface area contributed by atoms with E-state index in [0.29, 0.717) is 12.4 Å². The SMILES string of the molecule is COc1ccc2c(c1)nc(CCl)n2Cc1cc(C)on1. The first-order chi connectivity index (χ1) is 9.71. The molecule has 5 nitrogen and oxygen atoms in total. The number of benzene rings is 1. The number of aryl methyl sites for hydroxylation is 1. The van der Waals surface area contributed by atoms with Gasteiger partial charge in [-0.1, -0.05) is 5.16 Å². The van der Waals surface area contributed by atoms with Crippen LogP contribution >= 0.6 is 11.6 Å². The van der Waals surface area contributed by atoms with Crippen LogP contribution in [0.15, 0.2) is 28.8 Å². The highest BCUT2D eigenvalue weighted by atomic mass is 35.5. The third-order valence-corrected chi connectivity index (χ3v) is 3.39. The van der Waals surface area contributed by atoms with Gasteiger partial charge < -0.3 is 13.8 Å². The summed E-state index contributed by atoms with van der Waals surface area (Å²) in [5.41, 5.74) is 2.71. The Bertz CT molecular complexity index is 748. The summed E-state index contributed by atoms with van der Waals surface area (Å²) in [5, 5.41) is 4.02. The average molecular weight is 292 g/mol. The highest BCUT2D eigenvalue weighted by Crippen LogP contribution is 2.23. The van der Waals surface area contributed by atoms with Crippen molar-refractivity contribution in [2.45, 2.75) is 19.3 Å². The Morgan fingerprint density at radius 2 is 2.20 bits per heavy atom. The molecule has 1 aromatic carbocycles. The van der Waals surface area contributed by atoms with Gasteiger partial charge in [0.25, 0.3) is 0 Å². The molecule has 0 aliphatic carbocycles. The smallest absolute Gasteiger partial charge is 0.133 e. The van der Waals surface area contributed by atoms with E-state index in [1.54, 1.807) is 7.11 Å². The van der Waals surface area contributed by atoms with Crippen molar-refractivity contribution in [2.75, 3.05) is 7.11 Å². The van der Waals surface area contributed by atoms with Gasteiger partial charge in [0.05, 0.1) is 30.6 Å². The molecule has 0 spiro atoms. The second-order valence-electron chi connectivity index (χ2n) is 4.53. The number of rotatable bonds is 4. The molecular formula is C14H14ClN3O2. The third-order valence-electron chi connectivity index (χ3n) is 3.15. The number of hydrogen-bond donors (Lipinski definition) is 0. The number of methoxy groups -OCH3 is 1. The zero-order chi connectivity index (χ0) is 14.1. The van der Waals surface area contributed by atoms with Gasteiger partial charge in [-0.15, -0.1) is 11.6 Å². The molecule has 0 saturated carbocycles. The fourth-order valence-corrected chi connectivity index (χ4v) is 2.42. The van der Waals surface area contributed by atoms with E-state index in [1.165, 1.54) is 0 Å². The maximum atomic E-state index is 5.99. The lowest BCUT2D eigenvalue weighted by Gasteiger charge is -2.05. The number of fused-ring (bicyclic) bond motifs is 1.